The van der Waals surface area contributed by atoms with Crippen LogP contribution in [0.5, 0.6) is 0 Å². The summed E-state index contributed by atoms with van der Waals surface area (Å²) < 4.78 is 1.99. The quantitative estimate of drug-likeness (QED) is 0.250. The summed E-state index contributed by atoms with van der Waals surface area (Å²) in [4.78, 5) is 7.30. The van der Waals surface area contributed by atoms with E-state index >= 15 is 0 Å². The van der Waals surface area contributed by atoms with E-state index < -0.39 is 0 Å². The van der Waals surface area contributed by atoms with Crippen LogP contribution in [0.1, 0.15) is 41.2 Å². The number of nitrogens with zero attached hydrogens (tertiary/aromatic N) is 5. The molecule has 2 heterocycles. The molecular weight excluding hydrogens is 525 g/mol. The highest BCUT2D eigenvalue weighted by atomic mass is 127. The standard InChI is InChI=1S/C25H33N7.HI/c1-20-29-30-24(31(20)2)18-28-25(26-16-21-8-4-3-5-9-21)27-17-22-10-12-23(13-11-22)19-32-14-6-7-15-32;/h3-5,8-13H,6-7,14-19H2,1-2H3,(H2,26,27,28);1H. The normalized spacial score (nSPS) is 14.2. The molecule has 0 spiro atoms. The SMILES string of the molecule is Cc1nnc(CNC(=NCc2ccccc2)NCc2ccc(CN3CCCC3)cc2)n1C.I. The number of guanidine groups is 1. The maximum absolute atomic E-state index is 4.78. The molecule has 2 N–H and O–H groups in total. The minimum Gasteiger partial charge on any atom is -0.352 e. The van der Waals surface area contributed by atoms with E-state index in [2.05, 4.69) is 62.1 Å². The second kappa shape index (κ2) is 12.7. The van der Waals surface area contributed by atoms with Crippen molar-refractivity contribution in [2.75, 3.05) is 13.1 Å². The number of nitrogens with one attached hydrogen (secondary N) is 2. The summed E-state index contributed by atoms with van der Waals surface area (Å²) in [5.74, 6) is 2.53. The molecule has 0 saturated carbocycles. The average Bonchev–Trinajstić information content (AvgIpc) is 3.45. The van der Waals surface area contributed by atoms with E-state index in [9.17, 15) is 0 Å². The van der Waals surface area contributed by atoms with Gasteiger partial charge in [-0.1, -0.05) is 54.6 Å². The number of likely N-dealkylation sites (tertiary alicyclic amines) is 1. The van der Waals surface area contributed by atoms with Gasteiger partial charge in [-0.15, -0.1) is 34.2 Å². The lowest BCUT2D eigenvalue weighted by atomic mass is 10.1. The Kier molecular flexibility index (Phi) is 9.68. The van der Waals surface area contributed by atoms with E-state index in [4.69, 9.17) is 4.99 Å². The lowest BCUT2D eigenvalue weighted by Gasteiger charge is -2.15. The number of rotatable bonds is 8. The Bertz CT molecular complexity index is 1010. The minimum absolute atomic E-state index is 0. The smallest absolute Gasteiger partial charge is 0.192 e. The van der Waals surface area contributed by atoms with Crippen LogP contribution in [-0.2, 0) is 33.2 Å². The summed E-state index contributed by atoms with van der Waals surface area (Å²) in [7, 11) is 1.98. The summed E-state index contributed by atoms with van der Waals surface area (Å²) in [5.41, 5.74) is 3.79. The highest BCUT2D eigenvalue weighted by Gasteiger charge is 2.11. The topological polar surface area (TPSA) is 70.4 Å². The van der Waals surface area contributed by atoms with E-state index in [1.165, 1.54) is 42.6 Å². The van der Waals surface area contributed by atoms with Gasteiger partial charge >= 0.3 is 0 Å². The Morgan fingerprint density at radius 2 is 1.55 bits per heavy atom. The molecule has 8 heteroatoms. The Morgan fingerprint density at radius 1 is 0.879 bits per heavy atom. The van der Waals surface area contributed by atoms with Gasteiger partial charge < -0.3 is 15.2 Å². The molecule has 4 rings (SSSR count). The zero-order valence-electron chi connectivity index (χ0n) is 19.5. The van der Waals surface area contributed by atoms with Crippen LogP contribution in [-0.4, -0.2) is 38.7 Å². The molecule has 1 aliphatic rings. The lowest BCUT2D eigenvalue weighted by molar-refractivity contribution is 0.331. The van der Waals surface area contributed by atoms with Gasteiger partial charge in [-0.25, -0.2) is 4.99 Å². The van der Waals surface area contributed by atoms with Gasteiger partial charge in [0.2, 0.25) is 0 Å². The highest BCUT2D eigenvalue weighted by Crippen LogP contribution is 2.13. The van der Waals surface area contributed by atoms with Crippen LogP contribution in [0.25, 0.3) is 0 Å². The largest absolute Gasteiger partial charge is 0.352 e. The first-order valence-corrected chi connectivity index (χ1v) is 11.4. The first kappa shape index (κ1) is 25.2. The van der Waals surface area contributed by atoms with Crippen molar-refractivity contribution in [1.29, 1.82) is 0 Å². The number of benzene rings is 2. The van der Waals surface area contributed by atoms with Crippen LogP contribution in [0.3, 0.4) is 0 Å². The van der Waals surface area contributed by atoms with Crippen molar-refractivity contribution < 1.29 is 0 Å². The monoisotopic (exact) mass is 559 g/mol. The molecule has 0 radical (unpaired) electrons. The summed E-state index contributed by atoms with van der Waals surface area (Å²) in [6.07, 6.45) is 2.65. The van der Waals surface area contributed by atoms with Crippen molar-refractivity contribution in [2.24, 2.45) is 12.0 Å². The molecule has 0 bridgehead atoms. The molecule has 1 aromatic heterocycles. The predicted molar refractivity (Wildman–Crippen MR) is 143 cm³/mol. The highest BCUT2D eigenvalue weighted by molar-refractivity contribution is 14.0. The lowest BCUT2D eigenvalue weighted by Crippen LogP contribution is -2.37. The maximum Gasteiger partial charge on any atom is 0.192 e. The molecule has 33 heavy (non-hydrogen) atoms. The fourth-order valence-electron chi connectivity index (χ4n) is 3.84. The molecule has 3 aromatic rings. The van der Waals surface area contributed by atoms with Crippen molar-refractivity contribution in [3.05, 3.63) is 82.9 Å². The fraction of sp³-hybridized carbons (Fsp3) is 0.400. The number of aromatic nitrogens is 3. The van der Waals surface area contributed by atoms with Gasteiger partial charge in [-0.2, -0.15) is 0 Å². The van der Waals surface area contributed by atoms with Crippen molar-refractivity contribution in [2.45, 2.75) is 45.9 Å². The molecule has 176 valence electrons. The van der Waals surface area contributed by atoms with Crippen molar-refractivity contribution >= 4 is 29.9 Å². The molecule has 0 aliphatic carbocycles. The van der Waals surface area contributed by atoms with Crippen molar-refractivity contribution in [3.8, 4) is 0 Å². The van der Waals surface area contributed by atoms with Gasteiger partial charge in [0, 0.05) is 20.1 Å². The second-order valence-corrected chi connectivity index (χ2v) is 8.38. The van der Waals surface area contributed by atoms with Crippen LogP contribution >= 0.6 is 24.0 Å². The van der Waals surface area contributed by atoms with Crippen LogP contribution in [0.15, 0.2) is 59.6 Å². The molecule has 1 saturated heterocycles. The first-order valence-electron chi connectivity index (χ1n) is 11.4. The third-order valence-corrected chi connectivity index (χ3v) is 5.95. The third-order valence-electron chi connectivity index (χ3n) is 5.95. The van der Waals surface area contributed by atoms with Crippen molar-refractivity contribution in [3.63, 3.8) is 0 Å². The number of halogens is 1. The van der Waals surface area contributed by atoms with E-state index in [1.54, 1.807) is 0 Å². The van der Waals surface area contributed by atoms with Crippen LogP contribution < -0.4 is 10.6 Å². The molecule has 0 atom stereocenters. The summed E-state index contributed by atoms with van der Waals surface area (Å²) in [6.45, 7) is 7.34. The van der Waals surface area contributed by atoms with Gasteiger partial charge in [0.1, 0.15) is 5.82 Å². The predicted octanol–water partition coefficient (Wildman–Crippen LogP) is 3.77. The van der Waals surface area contributed by atoms with Crippen molar-refractivity contribution in [1.82, 2.24) is 30.3 Å². The Labute approximate surface area is 213 Å². The van der Waals surface area contributed by atoms with Gasteiger partial charge in [0.05, 0.1) is 13.1 Å². The fourth-order valence-corrected chi connectivity index (χ4v) is 3.84. The second-order valence-electron chi connectivity index (χ2n) is 8.38. The molecule has 1 fully saturated rings. The molecule has 0 unspecified atom stereocenters. The number of hydrogen-bond donors (Lipinski definition) is 2. The third kappa shape index (κ3) is 7.53. The Hall–Kier alpha value is -2.46. The number of aliphatic imine (C=N–C) groups is 1. The zero-order chi connectivity index (χ0) is 22.2. The molecule has 7 nitrogen and oxygen atoms in total. The van der Waals surface area contributed by atoms with Crippen LogP contribution in [0, 0.1) is 6.92 Å². The van der Waals surface area contributed by atoms with Gasteiger partial charge in [-0.05, 0) is 49.5 Å². The summed E-state index contributed by atoms with van der Waals surface area (Å²) in [6, 6.07) is 19.2. The molecular formula is C25H34IN7. The Morgan fingerprint density at radius 3 is 2.21 bits per heavy atom. The van der Waals surface area contributed by atoms with E-state index in [0.717, 1.165) is 24.2 Å². The number of aryl methyl sites for hydroxylation is 1. The minimum atomic E-state index is 0. The summed E-state index contributed by atoms with van der Waals surface area (Å²) in [5, 5.41) is 15.2. The van der Waals surface area contributed by atoms with E-state index in [0.29, 0.717) is 19.6 Å². The van der Waals surface area contributed by atoms with Gasteiger partial charge in [0.25, 0.3) is 0 Å². The van der Waals surface area contributed by atoms with Crippen LogP contribution in [0.2, 0.25) is 0 Å². The Balaban J connectivity index is 0.00000306. The maximum atomic E-state index is 4.78. The molecule has 2 aromatic carbocycles. The number of hydrogen-bond acceptors (Lipinski definition) is 4. The van der Waals surface area contributed by atoms with Gasteiger partial charge in [-0.3, -0.25) is 4.90 Å². The zero-order valence-corrected chi connectivity index (χ0v) is 21.8. The van der Waals surface area contributed by atoms with E-state index in [-0.39, 0.29) is 24.0 Å². The van der Waals surface area contributed by atoms with Crippen LogP contribution in [0.4, 0.5) is 0 Å². The molecule has 0 amide bonds. The average molecular weight is 560 g/mol. The summed E-state index contributed by atoms with van der Waals surface area (Å²) >= 11 is 0. The molecule has 1 aliphatic heterocycles. The van der Waals surface area contributed by atoms with E-state index in [1.807, 2.05) is 36.7 Å². The first-order chi connectivity index (χ1) is 15.7. The van der Waals surface area contributed by atoms with Gasteiger partial charge in [0.15, 0.2) is 11.8 Å².